The zero-order chi connectivity index (χ0) is 17.6. The molecule has 2 aromatic carbocycles. The minimum absolute atomic E-state index is 1.00. The summed E-state index contributed by atoms with van der Waals surface area (Å²) in [6, 6.07) is 17.4. The molecule has 3 aromatic rings. The molecule has 0 saturated heterocycles. The highest BCUT2D eigenvalue weighted by Gasteiger charge is 1.99. The molecule has 0 fully saturated rings. The maximum atomic E-state index is 2.23. The highest BCUT2D eigenvalue weighted by molar-refractivity contribution is 5.87. The second-order valence-electron chi connectivity index (χ2n) is 6.37. The van der Waals surface area contributed by atoms with E-state index in [1.165, 1.54) is 27.6 Å². The van der Waals surface area contributed by atoms with Crippen LogP contribution in [0.3, 0.4) is 0 Å². The Bertz CT molecular complexity index is 903. The van der Waals surface area contributed by atoms with Gasteiger partial charge in [-0.1, -0.05) is 42.5 Å². The summed E-state index contributed by atoms with van der Waals surface area (Å²) in [5.74, 6) is 0. The third-order valence-corrected chi connectivity index (χ3v) is 4.33. The summed E-state index contributed by atoms with van der Waals surface area (Å²) >= 11 is 0. The van der Waals surface area contributed by atoms with Crippen LogP contribution in [-0.2, 0) is 6.54 Å². The minimum atomic E-state index is 1.00. The smallest absolute Gasteiger partial charge is 0.169 e. The fraction of sp³-hybridized carbons (Fsp3) is 0.174. The predicted octanol–water partition coefficient (Wildman–Crippen LogP) is 4.94. The third-order valence-electron chi connectivity index (χ3n) is 4.33. The summed E-state index contributed by atoms with van der Waals surface area (Å²) < 4.78 is 2.16. The topological polar surface area (TPSA) is 7.12 Å². The van der Waals surface area contributed by atoms with Crippen molar-refractivity contribution in [3.05, 3.63) is 84.2 Å². The molecule has 0 N–H and O–H groups in total. The average molecular weight is 329 g/mol. The Hall–Kier alpha value is -2.87. The van der Waals surface area contributed by atoms with E-state index in [0.717, 1.165) is 6.54 Å². The van der Waals surface area contributed by atoms with E-state index in [1.54, 1.807) is 0 Å². The van der Waals surface area contributed by atoms with Crippen molar-refractivity contribution in [1.82, 2.24) is 0 Å². The molecule has 1 aromatic heterocycles. The van der Waals surface area contributed by atoms with Gasteiger partial charge in [-0.15, -0.1) is 0 Å². The number of anilines is 1. The van der Waals surface area contributed by atoms with Crippen LogP contribution >= 0.6 is 0 Å². The molecule has 0 spiro atoms. The summed E-state index contributed by atoms with van der Waals surface area (Å²) in [5.41, 5.74) is 3.65. The number of aromatic nitrogens is 1. The zero-order valence-corrected chi connectivity index (χ0v) is 15.2. The van der Waals surface area contributed by atoms with Crippen LogP contribution in [0.15, 0.2) is 73.1 Å². The lowest BCUT2D eigenvalue weighted by Gasteiger charge is -2.13. The Labute approximate surface area is 150 Å². The molecule has 0 unspecified atom stereocenters. The molecule has 0 atom stereocenters. The first-order valence-corrected chi connectivity index (χ1v) is 8.71. The van der Waals surface area contributed by atoms with Crippen LogP contribution in [0, 0.1) is 0 Å². The van der Waals surface area contributed by atoms with Crippen molar-refractivity contribution in [2.75, 3.05) is 19.0 Å². The predicted molar refractivity (Wildman–Crippen MR) is 109 cm³/mol. The molecule has 3 rings (SSSR count). The molecule has 0 aliphatic heterocycles. The van der Waals surface area contributed by atoms with Gasteiger partial charge < -0.3 is 4.90 Å². The second-order valence-corrected chi connectivity index (χ2v) is 6.37. The van der Waals surface area contributed by atoms with Crippen LogP contribution < -0.4 is 9.47 Å². The maximum absolute atomic E-state index is 2.23. The Morgan fingerprint density at radius 1 is 0.800 bits per heavy atom. The standard InChI is InChI=1S/C23H25N2/c1-4-25-15-13-19(14-16-25)7-5-6-8-20-9-10-22-18-23(24(2)3)12-11-21(22)17-20/h5-18H,4H2,1-3H3/q+1. The van der Waals surface area contributed by atoms with Gasteiger partial charge in [0.15, 0.2) is 12.4 Å². The number of hydrogen-bond donors (Lipinski definition) is 0. The van der Waals surface area contributed by atoms with Gasteiger partial charge in [0.2, 0.25) is 0 Å². The first-order chi connectivity index (χ1) is 12.2. The number of rotatable bonds is 5. The molecule has 0 amide bonds. The minimum Gasteiger partial charge on any atom is -0.378 e. The van der Waals surface area contributed by atoms with E-state index in [2.05, 4.69) is 116 Å². The van der Waals surface area contributed by atoms with Crippen LogP contribution in [0.1, 0.15) is 18.1 Å². The van der Waals surface area contributed by atoms with E-state index in [0.29, 0.717) is 0 Å². The highest BCUT2D eigenvalue weighted by Crippen LogP contribution is 2.22. The van der Waals surface area contributed by atoms with E-state index in [1.807, 2.05) is 0 Å². The fourth-order valence-electron chi connectivity index (χ4n) is 2.76. The second kappa shape index (κ2) is 7.80. The Morgan fingerprint density at radius 2 is 1.44 bits per heavy atom. The maximum Gasteiger partial charge on any atom is 0.169 e. The van der Waals surface area contributed by atoms with E-state index >= 15 is 0 Å². The molecule has 0 bridgehead atoms. The normalized spacial score (nSPS) is 11.6. The lowest BCUT2D eigenvalue weighted by molar-refractivity contribution is -0.693. The van der Waals surface area contributed by atoms with Crippen molar-refractivity contribution in [2.45, 2.75) is 13.5 Å². The molecule has 1 heterocycles. The number of hydrogen-bond acceptors (Lipinski definition) is 1. The molecule has 0 saturated carbocycles. The van der Waals surface area contributed by atoms with Gasteiger partial charge in [-0.2, -0.15) is 0 Å². The van der Waals surface area contributed by atoms with E-state index < -0.39 is 0 Å². The van der Waals surface area contributed by atoms with Crippen molar-refractivity contribution in [3.63, 3.8) is 0 Å². The van der Waals surface area contributed by atoms with Gasteiger partial charge in [0, 0.05) is 31.9 Å². The van der Waals surface area contributed by atoms with Crippen LogP contribution in [-0.4, -0.2) is 14.1 Å². The molecule has 0 aliphatic rings. The summed E-state index contributed by atoms with van der Waals surface area (Å²) in [4.78, 5) is 2.13. The molecule has 25 heavy (non-hydrogen) atoms. The SMILES string of the molecule is CC[n+]1ccc(/C=C/C=C/c2ccc3cc(N(C)C)ccc3c2)cc1. The van der Waals surface area contributed by atoms with Crippen molar-refractivity contribution in [2.24, 2.45) is 0 Å². The summed E-state index contributed by atoms with van der Waals surface area (Å²) in [6.45, 7) is 3.14. The fourth-order valence-corrected chi connectivity index (χ4v) is 2.76. The van der Waals surface area contributed by atoms with Crippen molar-refractivity contribution in [3.8, 4) is 0 Å². The van der Waals surface area contributed by atoms with Gasteiger partial charge in [0.05, 0.1) is 0 Å². The van der Waals surface area contributed by atoms with Gasteiger partial charge in [-0.3, -0.25) is 0 Å². The van der Waals surface area contributed by atoms with Crippen molar-refractivity contribution < 1.29 is 4.57 Å². The lowest BCUT2D eigenvalue weighted by Crippen LogP contribution is -2.30. The number of aryl methyl sites for hydroxylation is 1. The summed E-state index contributed by atoms with van der Waals surface area (Å²) in [6.07, 6.45) is 12.7. The van der Waals surface area contributed by atoms with Crippen LogP contribution in [0.5, 0.6) is 0 Å². The first kappa shape index (κ1) is 17.0. The first-order valence-electron chi connectivity index (χ1n) is 8.71. The Morgan fingerprint density at radius 3 is 2.12 bits per heavy atom. The summed E-state index contributed by atoms with van der Waals surface area (Å²) in [5, 5.41) is 2.54. The number of allylic oxidation sites excluding steroid dienone is 2. The molecular formula is C23H25N2+. The Balaban J connectivity index is 1.72. The van der Waals surface area contributed by atoms with Crippen molar-refractivity contribution in [1.29, 1.82) is 0 Å². The van der Waals surface area contributed by atoms with E-state index in [9.17, 15) is 0 Å². The monoisotopic (exact) mass is 329 g/mol. The van der Waals surface area contributed by atoms with E-state index in [4.69, 9.17) is 0 Å². The zero-order valence-electron chi connectivity index (χ0n) is 15.2. The molecule has 2 heteroatoms. The van der Waals surface area contributed by atoms with E-state index in [-0.39, 0.29) is 0 Å². The number of nitrogens with zero attached hydrogens (tertiary/aromatic N) is 2. The number of fused-ring (bicyclic) bond motifs is 1. The van der Waals surface area contributed by atoms with Gasteiger partial charge in [0.25, 0.3) is 0 Å². The molecular weight excluding hydrogens is 304 g/mol. The third kappa shape index (κ3) is 4.36. The Kier molecular flexibility index (Phi) is 5.30. The van der Waals surface area contributed by atoms with Crippen LogP contribution in [0.2, 0.25) is 0 Å². The van der Waals surface area contributed by atoms with Gasteiger partial charge in [0.1, 0.15) is 6.54 Å². The van der Waals surface area contributed by atoms with Crippen molar-refractivity contribution >= 4 is 28.6 Å². The average Bonchev–Trinajstić information content (AvgIpc) is 2.65. The molecule has 2 nitrogen and oxygen atoms in total. The number of benzene rings is 2. The number of pyridine rings is 1. The lowest BCUT2D eigenvalue weighted by atomic mass is 10.1. The molecule has 126 valence electrons. The quantitative estimate of drug-likeness (QED) is 0.475. The van der Waals surface area contributed by atoms with Crippen LogP contribution in [0.4, 0.5) is 5.69 Å². The van der Waals surface area contributed by atoms with Crippen LogP contribution in [0.25, 0.3) is 22.9 Å². The largest absolute Gasteiger partial charge is 0.378 e. The molecule has 0 aliphatic carbocycles. The molecule has 0 radical (unpaired) electrons. The highest BCUT2D eigenvalue weighted by atomic mass is 15.1. The van der Waals surface area contributed by atoms with Gasteiger partial charge in [-0.05, 0) is 47.0 Å². The van der Waals surface area contributed by atoms with Gasteiger partial charge >= 0.3 is 0 Å². The summed E-state index contributed by atoms with van der Waals surface area (Å²) in [7, 11) is 4.14. The van der Waals surface area contributed by atoms with Gasteiger partial charge in [-0.25, -0.2) is 4.57 Å².